The first kappa shape index (κ1) is 20.2. The summed E-state index contributed by atoms with van der Waals surface area (Å²) < 4.78 is 6.76. The van der Waals surface area contributed by atoms with Crippen molar-refractivity contribution in [3.63, 3.8) is 0 Å². The number of esters is 1. The van der Waals surface area contributed by atoms with Gasteiger partial charge in [0.25, 0.3) is 11.7 Å². The molecule has 0 fully saturated rings. The SMILES string of the molecule is CCN(C(=O)COC(=O)CCc1c(C)nc2nc(N)nn2c1C)c1ccccc1. The number of likely N-dealkylation sites (N-methyl/N-ethyl adjacent to an activating group) is 1. The predicted octanol–water partition coefficient (Wildman–Crippen LogP) is 1.85. The Morgan fingerprint density at radius 3 is 2.59 bits per heavy atom. The van der Waals surface area contributed by atoms with Crippen LogP contribution < -0.4 is 10.6 Å². The van der Waals surface area contributed by atoms with Gasteiger partial charge in [0.2, 0.25) is 5.95 Å². The summed E-state index contributed by atoms with van der Waals surface area (Å²) in [5.41, 5.74) is 8.86. The highest BCUT2D eigenvalue weighted by molar-refractivity contribution is 5.95. The third-order valence-corrected chi connectivity index (χ3v) is 4.69. The first-order chi connectivity index (χ1) is 13.9. The summed E-state index contributed by atoms with van der Waals surface area (Å²) in [5.74, 6) is -0.135. The van der Waals surface area contributed by atoms with E-state index in [9.17, 15) is 9.59 Å². The molecule has 2 aromatic heterocycles. The van der Waals surface area contributed by atoms with Crippen LogP contribution in [0.2, 0.25) is 0 Å². The zero-order valence-electron chi connectivity index (χ0n) is 16.8. The van der Waals surface area contributed by atoms with Gasteiger partial charge in [-0.3, -0.25) is 9.59 Å². The summed E-state index contributed by atoms with van der Waals surface area (Å²) >= 11 is 0. The fourth-order valence-corrected chi connectivity index (χ4v) is 3.22. The van der Waals surface area contributed by atoms with E-state index in [0.717, 1.165) is 22.6 Å². The maximum Gasteiger partial charge on any atom is 0.306 e. The van der Waals surface area contributed by atoms with Crippen LogP contribution in [0.1, 0.15) is 30.3 Å². The van der Waals surface area contributed by atoms with Crippen LogP contribution in [0.3, 0.4) is 0 Å². The Balaban J connectivity index is 1.59. The first-order valence-electron chi connectivity index (χ1n) is 9.40. The second-order valence-electron chi connectivity index (χ2n) is 6.58. The molecule has 2 N–H and O–H groups in total. The summed E-state index contributed by atoms with van der Waals surface area (Å²) in [6, 6.07) is 9.28. The molecule has 3 aromatic rings. The second-order valence-corrected chi connectivity index (χ2v) is 6.58. The minimum atomic E-state index is -0.445. The highest BCUT2D eigenvalue weighted by Crippen LogP contribution is 2.17. The molecule has 0 aliphatic heterocycles. The molecule has 0 radical (unpaired) electrons. The molecule has 9 nitrogen and oxygen atoms in total. The number of aryl methyl sites for hydroxylation is 2. The third kappa shape index (κ3) is 4.50. The molecule has 0 bridgehead atoms. The van der Waals surface area contributed by atoms with Crippen molar-refractivity contribution < 1.29 is 14.3 Å². The Labute approximate surface area is 168 Å². The summed E-state index contributed by atoms with van der Waals surface area (Å²) in [6.07, 6.45) is 0.549. The number of benzene rings is 1. The fraction of sp³-hybridized carbons (Fsp3) is 0.350. The average Bonchev–Trinajstić information content (AvgIpc) is 3.08. The number of nitrogens with two attached hydrogens (primary N) is 1. The first-order valence-corrected chi connectivity index (χ1v) is 9.40. The number of amides is 1. The second kappa shape index (κ2) is 8.68. The van der Waals surface area contributed by atoms with Crippen molar-refractivity contribution in [1.29, 1.82) is 0 Å². The van der Waals surface area contributed by atoms with Gasteiger partial charge in [0, 0.05) is 30.0 Å². The zero-order chi connectivity index (χ0) is 21.0. The Morgan fingerprint density at radius 2 is 1.90 bits per heavy atom. The Morgan fingerprint density at radius 1 is 1.17 bits per heavy atom. The van der Waals surface area contributed by atoms with E-state index in [1.54, 1.807) is 9.42 Å². The van der Waals surface area contributed by atoms with Crippen molar-refractivity contribution in [2.24, 2.45) is 0 Å². The van der Waals surface area contributed by atoms with Gasteiger partial charge < -0.3 is 15.4 Å². The number of anilines is 2. The van der Waals surface area contributed by atoms with Gasteiger partial charge in [0.15, 0.2) is 6.61 Å². The van der Waals surface area contributed by atoms with Gasteiger partial charge >= 0.3 is 5.97 Å². The van der Waals surface area contributed by atoms with Crippen LogP contribution in [0.5, 0.6) is 0 Å². The normalized spacial score (nSPS) is 10.9. The van der Waals surface area contributed by atoms with Crippen LogP contribution in [-0.4, -0.2) is 44.6 Å². The molecule has 1 aromatic carbocycles. The van der Waals surface area contributed by atoms with E-state index in [1.165, 1.54) is 0 Å². The van der Waals surface area contributed by atoms with Crippen molar-refractivity contribution in [3.05, 3.63) is 47.3 Å². The van der Waals surface area contributed by atoms with Crippen LogP contribution in [-0.2, 0) is 20.7 Å². The number of carbonyl (C=O) groups is 2. The molecule has 152 valence electrons. The number of aromatic nitrogens is 4. The van der Waals surface area contributed by atoms with Crippen molar-refractivity contribution in [3.8, 4) is 0 Å². The van der Waals surface area contributed by atoms with Crippen molar-refractivity contribution >= 4 is 29.3 Å². The van der Waals surface area contributed by atoms with E-state index < -0.39 is 5.97 Å². The molecule has 9 heteroatoms. The van der Waals surface area contributed by atoms with Crippen molar-refractivity contribution in [2.45, 2.75) is 33.6 Å². The summed E-state index contributed by atoms with van der Waals surface area (Å²) in [5, 5.41) is 4.11. The van der Waals surface area contributed by atoms with E-state index >= 15 is 0 Å². The summed E-state index contributed by atoms with van der Waals surface area (Å²) in [4.78, 5) is 34.6. The molecular formula is C20H24N6O3. The lowest BCUT2D eigenvalue weighted by molar-refractivity contribution is -0.147. The lowest BCUT2D eigenvalue weighted by atomic mass is 10.1. The van der Waals surface area contributed by atoms with Crippen LogP contribution >= 0.6 is 0 Å². The smallest absolute Gasteiger partial charge is 0.306 e. The van der Waals surface area contributed by atoms with Crippen LogP contribution in [0, 0.1) is 13.8 Å². The number of para-hydroxylation sites is 1. The Kier molecular flexibility index (Phi) is 6.06. The van der Waals surface area contributed by atoms with E-state index in [-0.39, 0.29) is 24.9 Å². The van der Waals surface area contributed by atoms with E-state index in [0.29, 0.717) is 18.7 Å². The average molecular weight is 396 g/mol. The van der Waals surface area contributed by atoms with Gasteiger partial charge in [-0.15, -0.1) is 5.10 Å². The zero-order valence-corrected chi connectivity index (χ0v) is 16.8. The van der Waals surface area contributed by atoms with E-state index in [4.69, 9.17) is 10.5 Å². The fourth-order valence-electron chi connectivity index (χ4n) is 3.22. The molecule has 0 aliphatic rings. The molecule has 0 unspecified atom stereocenters. The molecule has 0 saturated heterocycles. The molecular weight excluding hydrogens is 372 g/mol. The van der Waals surface area contributed by atoms with Crippen LogP contribution in [0.15, 0.2) is 30.3 Å². The molecule has 3 rings (SSSR count). The minimum Gasteiger partial charge on any atom is -0.456 e. The Hall–Kier alpha value is -3.49. The third-order valence-electron chi connectivity index (χ3n) is 4.69. The number of carbonyl (C=O) groups excluding carboxylic acids is 2. The number of ether oxygens (including phenoxy) is 1. The summed E-state index contributed by atoms with van der Waals surface area (Å²) in [6.45, 7) is 5.79. The predicted molar refractivity (Wildman–Crippen MR) is 108 cm³/mol. The molecule has 1 amide bonds. The number of nitrogens with zero attached hydrogens (tertiary/aromatic N) is 5. The number of fused-ring (bicyclic) bond motifs is 1. The Bertz CT molecular complexity index is 1030. The minimum absolute atomic E-state index is 0.129. The molecule has 29 heavy (non-hydrogen) atoms. The van der Waals surface area contributed by atoms with Gasteiger partial charge in [-0.1, -0.05) is 18.2 Å². The van der Waals surface area contributed by atoms with Crippen molar-refractivity contribution in [2.75, 3.05) is 23.8 Å². The van der Waals surface area contributed by atoms with Crippen LogP contribution in [0.4, 0.5) is 11.6 Å². The number of rotatable bonds is 7. The highest BCUT2D eigenvalue weighted by atomic mass is 16.5. The van der Waals surface area contributed by atoms with E-state index in [1.807, 2.05) is 51.1 Å². The number of hydrogen-bond acceptors (Lipinski definition) is 7. The van der Waals surface area contributed by atoms with Crippen molar-refractivity contribution in [1.82, 2.24) is 19.6 Å². The number of hydrogen-bond donors (Lipinski definition) is 1. The molecule has 0 atom stereocenters. The van der Waals surface area contributed by atoms with E-state index in [2.05, 4.69) is 15.1 Å². The quantitative estimate of drug-likeness (QED) is 0.606. The largest absolute Gasteiger partial charge is 0.456 e. The molecule has 2 heterocycles. The van der Waals surface area contributed by atoms with Gasteiger partial charge in [-0.2, -0.15) is 9.50 Å². The van der Waals surface area contributed by atoms with Crippen LogP contribution in [0.25, 0.3) is 5.78 Å². The van der Waals surface area contributed by atoms with Gasteiger partial charge in [-0.25, -0.2) is 4.98 Å². The molecule has 0 aliphatic carbocycles. The topological polar surface area (TPSA) is 116 Å². The van der Waals surface area contributed by atoms with Gasteiger partial charge in [0.05, 0.1) is 0 Å². The van der Waals surface area contributed by atoms with Gasteiger partial charge in [0.1, 0.15) is 0 Å². The monoisotopic (exact) mass is 396 g/mol. The molecule has 0 saturated carbocycles. The lowest BCUT2D eigenvalue weighted by Gasteiger charge is -2.20. The highest BCUT2D eigenvalue weighted by Gasteiger charge is 2.17. The van der Waals surface area contributed by atoms with Gasteiger partial charge in [-0.05, 0) is 44.9 Å². The lowest BCUT2D eigenvalue weighted by Crippen LogP contribution is -2.34. The maximum absolute atomic E-state index is 12.4. The maximum atomic E-state index is 12.4. The molecule has 0 spiro atoms. The number of nitrogen functional groups attached to an aromatic ring is 1. The standard InChI is InChI=1S/C20H24N6O3/c1-4-25(15-8-6-5-7-9-15)17(27)12-29-18(28)11-10-16-13(2)22-20-23-19(21)24-26(20)14(16)3/h5-9H,4,10-12H2,1-3H3,(H2,21,24). The summed E-state index contributed by atoms with van der Waals surface area (Å²) in [7, 11) is 0.